The Morgan fingerprint density at radius 1 is 1.30 bits per heavy atom. The van der Waals surface area contributed by atoms with Crippen LogP contribution in [0.3, 0.4) is 0 Å². The second kappa shape index (κ2) is 5.19. The fourth-order valence-corrected chi connectivity index (χ4v) is 3.29. The average Bonchev–Trinajstić information content (AvgIpc) is 3.23. The van der Waals surface area contributed by atoms with Gasteiger partial charge in [-0.3, -0.25) is 14.3 Å². The van der Waals surface area contributed by atoms with Crippen molar-refractivity contribution in [1.82, 2.24) is 29.5 Å². The maximum absolute atomic E-state index is 13.1. The molecule has 0 spiro atoms. The number of hydrogen-bond donors (Lipinski definition) is 1. The van der Waals surface area contributed by atoms with Crippen molar-refractivity contribution >= 4 is 11.6 Å². The van der Waals surface area contributed by atoms with Crippen LogP contribution in [0, 0.1) is 13.8 Å². The molecule has 23 heavy (non-hydrogen) atoms. The number of fused-ring (bicyclic) bond motifs is 1. The molecule has 7 heteroatoms. The van der Waals surface area contributed by atoms with Crippen LogP contribution in [0.2, 0.25) is 0 Å². The first-order valence-electron chi connectivity index (χ1n) is 7.78. The molecule has 3 aromatic rings. The van der Waals surface area contributed by atoms with Gasteiger partial charge in [-0.15, -0.1) is 0 Å². The van der Waals surface area contributed by atoms with Gasteiger partial charge in [0.05, 0.1) is 11.7 Å². The molecule has 1 atom stereocenters. The van der Waals surface area contributed by atoms with E-state index in [1.165, 1.54) is 0 Å². The Balaban J connectivity index is 1.74. The van der Waals surface area contributed by atoms with Crippen LogP contribution in [0.1, 0.15) is 46.7 Å². The van der Waals surface area contributed by atoms with Gasteiger partial charge in [0.15, 0.2) is 5.82 Å². The van der Waals surface area contributed by atoms with Gasteiger partial charge < -0.3 is 4.90 Å². The molecule has 1 saturated heterocycles. The number of rotatable bonds is 2. The molecule has 4 heterocycles. The Kier molecular flexibility index (Phi) is 3.14. The van der Waals surface area contributed by atoms with E-state index in [0.29, 0.717) is 11.5 Å². The summed E-state index contributed by atoms with van der Waals surface area (Å²) in [4.78, 5) is 23.9. The number of hydrogen-bond acceptors (Lipinski definition) is 4. The molecule has 3 aromatic heterocycles. The largest absolute Gasteiger partial charge is 0.327 e. The number of pyridine rings is 1. The molecule has 7 nitrogen and oxygen atoms in total. The lowest BCUT2D eigenvalue weighted by Gasteiger charge is -2.22. The maximum atomic E-state index is 13.1. The topological polar surface area (TPSA) is 79.2 Å². The first kappa shape index (κ1) is 13.9. The highest BCUT2D eigenvalue weighted by molar-refractivity contribution is 5.95. The molecule has 1 aliphatic heterocycles. The molecule has 118 valence electrons. The van der Waals surface area contributed by atoms with E-state index in [-0.39, 0.29) is 11.9 Å². The van der Waals surface area contributed by atoms with E-state index in [1.807, 2.05) is 47.5 Å². The lowest BCUT2D eigenvalue weighted by atomic mass is 10.2. The third-order valence-electron chi connectivity index (χ3n) is 4.33. The number of aromatic amines is 1. The zero-order valence-corrected chi connectivity index (χ0v) is 13.2. The standard InChI is InChI=1S/C16H18N6O/c1-10-14(22-8-4-3-7-13(22)17-10)16(23)21-9-5-6-12(21)15-18-11(2)19-20-15/h3-4,7-8,12H,5-6,9H2,1-2H3,(H,18,19,20). The first-order chi connectivity index (χ1) is 11.1. The van der Waals surface area contributed by atoms with Gasteiger partial charge in [0.2, 0.25) is 0 Å². The molecule has 0 aromatic carbocycles. The average molecular weight is 310 g/mol. The molecular weight excluding hydrogens is 292 g/mol. The minimum Gasteiger partial charge on any atom is -0.327 e. The minimum absolute atomic E-state index is 0.00819. The Morgan fingerprint density at radius 2 is 2.17 bits per heavy atom. The molecule has 4 rings (SSSR count). The van der Waals surface area contributed by atoms with Gasteiger partial charge in [0.1, 0.15) is 17.2 Å². The Bertz CT molecular complexity index is 880. The summed E-state index contributed by atoms with van der Waals surface area (Å²) < 4.78 is 1.86. The molecule has 1 aliphatic rings. The molecule has 0 radical (unpaired) electrons. The molecular formula is C16H18N6O. The lowest BCUT2D eigenvalue weighted by Crippen LogP contribution is -2.32. The number of imidazole rings is 1. The highest BCUT2D eigenvalue weighted by atomic mass is 16.2. The van der Waals surface area contributed by atoms with Crippen LogP contribution >= 0.6 is 0 Å². The minimum atomic E-state index is -0.0684. The van der Waals surface area contributed by atoms with Crippen LogP contribution in [0.25, 0.3) is 5.65 Å². The predicted octanol–water partition coefficient (Wildman–Crippen LogP) is 2.05. The van der Waals surface area contributed by atoms with Crippen LogP contribution in [-0.4, -0.2) is 41.9 Å². The van der Waals surface area contributed by atoms with Crippen molar-refractivity contribution in [2.24, 2.45) is 0 Å². The van der Waals surface area contributed by atoms with Gasteiger partial charge in [-0.2, -0.15) is 5.10 Å². The first-order valence-corrected chi connectivity index (χ1v) is 7.78. The number of aryl methyl sites for hydroxylation is 2. The molecule has 0 bridgehead atoms. The van der Waals surface area contributed by atoms with Gasteiger partial charge in [-0.05, 0) is 38.8 Å². The Labute approximate surface area is 133 Å². The molecule has 0 saturated carbocycles. The quantitative estimate of drug-likeness (QED) is 0.785. The van der Waals surface area contributed by atoms with Gasteiger partial charge >= 0.3 is 0 Å². The fourth-order valence-electron chi connectivity index (χ4n) is 3.29. The summed E-state index contributed by atoms with van der Waals surface area (Å²) in [5.41, 5.74) is 2.16. The van der Waals surface area contributed by atoms with E-state index in [2.05, 4.69) is 20.2 Å². The van der Waals surface area contributed by atoms with Crippen molar-refractivity contribution in [3.8, 4) is 0 Å². The van der Waals surface area contributed by atoms with Crippen LogP contribution in [0.4, 0.5) is 0 Å². The Morgan fingerprint density at radius 3 is 2.96 bits per heavy atom. The number of carbonyl (C=O) groups is 1. The van der Waals surface area contributed by atoms with E-state index >= 15 is 0 Å². The SMILES string of the molecule is Cc1nc(C2CCCN2C(=O)c2c(C)nc3ccccn23)n[nH]1. The maximum Gasteiger partial charge on any atom is 0.273 e. The number of aromatic nitrogens is 5. The summed E-state index contributed by atoms with van der Waals surface area (Å²) >= 11 is 0. The number of likely N-dealkylation sites (tertiary alicyclic amines) is 1. The van der Waals surface area contributed by atoms with Crippen molar-refractivity contribution in [2.45, 2.75) is 32.7 Å². The van der Waals surface area contributed by atoms with Crippen molar-refractivity contribution < 1.29 is 4.79 Å². The highest BCUT2D eigenvalue weighted by Gasteiger charge is 2.35. The zero-order valence-electron chi connectivity index (χ0n) is 13.2. The third kappa shape index (κ3) is 2.19. The smallest absolute Gasteiger partial charge is 0.273 e. The van der Waals surface area contributed by atoms with Crippen molar-refractivity contribution in [2.75, 3.05) is 6.54 Å². The van der Waals surface area contributed by atoms with E-state index in [1.54, 1.807) is 0 Å². The van der Waals surface area contributed by atoms with Gasteiger partial charge in [0.25, 0.3) is 5.91 Å². The van der Waals surface area contributed by atoms with Gasteiger partial charge in [-0.25, -0.2) is 9.97 Å². The summed E-state index contributed by atoms with van der Waals surface area (Å²) in [6, 6.07) is 5.67. The molecule has 1 fully saturated rings. The lowest BCUT2D eigenvalue weighted by molar-refractivity contribution is 0.0722. The predicted molar refractivity (Wildman–Crippen MR) is 84.1 cm³/mol. The van der Waals surface area contributed by atoms with Crippen LogP contribution in [0.15, 0.2) is 24.4 Å². The van der Waals surface area contributed by atoms with E-state index in [4.69, 9.17) is 0 Å². The summed E-state index contributed by atoms with van der Waals surface area (Å²) in [6.07, 6.45) is 3.73. The normalized spacial score (nSPS) is 18.0. The zero-order chi connectivity index (χ0) is 16.0. The summed E-state index contributed by atoms with van der Waals surface area (Å²) in [5, 5.41) is 7.11. The van der Waals surface area contributed by atoms with Crippen LogP contribution < -0.4 is 0 Å². The second-order valence-corrected chi connectivity index (χ2v) is 5.91. The van der Waals surface area contributed by atoms with E-state index in [9.17, 15) is 4.79 Å². The van der Waals surface area contributed by atoms with Crippen molar-refractivity contribution in [3.05, 3.63) is 47.4 Å². The molecule has 0 aliphatic carbocycles. The monoisotopic (exact) mass is 310 g/mol. The molecule has 1 N–H and O–H groups in total. The van der Waals surface area contributed by atoms with Crippen molar-refractivity contribution in [1.29, 1.82) is 0 Å². The number of carbonyl (C=O) groups excluding carboxylic acids is 1. The van der Waals surface area contributed by atoms with E-state index in [0.717, 1.165) is 36.6 Å². The number of nitrogens with zero attached hydrogens (tertiary/aromatic N) is 5. The third-order valence-corrected chi connectivity index (χ3v) is 4.33. The summed E-state index contributed by atoms with van der Waals surface area (Å²) in [7, 11) is 0. The van der Waals surface area contributed by atoms with Crippen LogP contribution in [0.5, 0.6) is 0 Å². The van der Waals surface area contributed by atoms with Gasteiger partial charge in [0, 0.05) is 12.7 Å². The number of H-pyrrole nitrogens is 1. The van der Waals surface area contributed by atoms with Crippen molar-refractivity contribution in [3.63, 3.8) is 0 Å². The second-order valence-electron chi connectivity index (χ2n) is 5.91. The summed E-state index contributed by atoms with van der Waals surface area (Å²) in [6.45, 7) is 4.46. The number of amides is 1. The fraction of sp³-hybridized carbons (Fsp3) is 0.375. The number of nitrogens with one attached hydrogen (secondary N) is 1. The van der Waals surface area contributed by atoms with Crippen LogP contribution in [-0.2, 0) is 0 Å². The van der Waals surface area contributed by atoms with E-state index < -0.39 is 0 Å². The Hall–Kier alpha value is -2.70. The van der Waals surface area contributed by atoms with Gasteiger partial charge in [-0.1, -0.05) is 6.07 Å². The molecule has 1 amide bonds. The highest BCUT2D eigenvalue weighted by Crippen LogP contribution is 2.31. The molecule has 1 unspecified atom stereocenters. The summed E-state index contributed by atoms with van der Waals surface area (Å²) in [5.74, 6) is 1.45.